The third-order valence-electron chi connectivity index (χ3n) is 4.08. The molecular formula is C13H23N3O. The Hall–Kier alpha value is -1.03. The fourth-order valence-electron chi connectivity index (χ4n) is 3.07. The predicted octanol–water partition coefficient (Wildman–Crippen LogP) is 1.91. The van der Waals surface area contributed by atoms with Gasteiger partial charge in [0.25, 0.3) is 0 Å². The van der Waals surface area contributed by atoms with E-state index < -0.39 is 0 Å². The van der Waals surface area contributed by atoms with E-state index >= 15 is 0 Å². The lowest BCUT2D eigenvalue weighted by Gasteiger charge is -2.34. The fourth-order valence-corrected chi connectivity index (χ4v) is 3.07. The normalized spacial score (nSPS) is 29.3. The maximum absolute atomic E-state index is 5.92. The second-order valence-corrected chi connectivity index (χ2v) is 5.24. The number of nitrogens with two attached hydrogens (primary N) is 1. The molecule has 2 rings (SSSR count). The van der Waals surface area contributed by atoms with Gasteiger partial charge < -0.3 is 10.5 Å². The summed E-state index contributed by atoms with van der Waals surface area (Å²) in [7, 11) is 3.70. The monoisotopic (exact) mass is 237 g/mol. The van der Waals surface area contributed by atoms with Crippen LogP contribution in [0, 0.1) is 11.8 Å². The van der Waals surface area contributed by atoms with Crippen molar-refractivity contribution >= 4 is 0 Å². The molecule has 0 bridgehead atoms. The number of hydrogen-bond donors (Lipinski definition) is 1. The van der Waals surface area contributed by atoms with Gasteiger partial charge in [0, 0.05) is 13.0 Å². The van der Waals surface area contributed by atoms with Crippen molar-refractivity contribution in [3.05, 3.63) is 11.9 Å². The zero-order chi connectivity index (χ0) is 12.4. The molecule has 1 fully saturated rings. The Morgan fingerprint density at radius 3 is 2.94 bits per heavy atom. The van der Waals surface area contributed by atoms with Gasteiger partial charge in [0.1, 0.15) is 0 Å². The average molecular weight is 237 g/mol. The summed E-state index contributed by atoms with van der Waals surface area (Å²) < 4.78 is 7.37. The van der Waals surface area contributed by atoms with Crippen molar-refractivity contribution in [1.29, 1.82) is 0 Å². The van der Waals surface area contributed by atoms with Crippen LogP contribution in [0.5, 0.6) is 5.75 Å². The molecule has 4 heteroatoms. The molecule has 0 amide bonds. The number of methoxy groups -OCH3 is 1. The zero-order valence-electron chi connectivity index (χ0n) is 11.0. The van der Waals surface area contributed by atoms with Crippen molar-refractivity contribution in [2.75, 3.05) is 13.7 Å². The molecule has 1 heterocycles. The lowest BCUT2D eigenvalue weighted by atomic mass is 9.73. The second-order valence-electron chi connectivity index (χ2n) is 5.24. The van der Waals surface area contributed by atoms with E-state index in [1.165, 1.54) is 25.0 Å². The summed E-state index contributed by atoms with van der Waals surface area (Å²) in [5.41, 5.74) is 7.13. The summed E-state index contributed by atoms with van der Waals surface area (Å²) in [6, 6.07) is 0. The Kier molecular flexibility index (Phi) is 3.72. The van der Waals surface area contributed by atoms with Crippen molar-refractivity contribution in [3.63, 3.8) is 0 Å². The van der Waals surface area contributed by atoms with Gasteiger partial charge >= 0.3 is 0 Å². The predicted molar refractivity (Wildman–Crippen MR) is 68.1 cm³/mol. The molecule has 1 aliphatic carbocycles. The molecule has 0 radical (unpaired) electrons. The van der Waals surface area contributed by atoms with Gasteiger partial charge in [-0.05, 0) is 31.2 Å². The summed E-state index contributed by atoms with van der Waals surface area (Å²) in [5.74, 6) is 2.73. The quantitative estimate of drug-likeness (QED) is 0.873. The molecule has 4 nitrogen and oxygen atoms in total. The third-order valence-corrected chi connectivity index (χ3v) is 4.08. The minimum atomic E-state index is 0.492. The largest absolute Gasteiger partial charge is 0.493 e. The van der Waals surface area contributed by atoms with Gasteiger partial charge in [-0.15, -0.1) is 0 Å². The summed E-state index contributed by atoms with van der Waals surface area (Å²) in [6.07, 6.45) is 5.51. The summed E-state index contributed by atoms with van der Waals surface area (Å²) in [5, 5.41) is 4.31. The van der Waals surface area contributed by atoms with Crippen molar-refractivity contribution in [2.45, 2.75) is 32.1 Å². The molecule has 0 spiro atoms. The van der Waals surface area contributed by atoms with Crippen LogP contribution in [-0.4, -0.2) is 23.4 Å². The maximum Gasteiger partial charge on any atom is 0.160 e. The molecule has 3 atom stereocenters. The molecular weight excluding hydrogens is 214 g/mol. The maximum atomic E-state index is 5.92. The Balaban J connectivity index is 2.31. The third kappa shape index (κ3) is 2.32. The van der Waals surface area contributed by atoms with E-state index in [1.54, 1.807) is 7.11 Å². The molecule has 0 saturated heterocycles. The molecule has 3 unspecified atom stereocenters. The Morgan fingerprint density at radius 1 is 1.53 bits per heavy atom. The van der Waals surface area contributed by atoms with Crippen molar-refractivity contribution in [2.24, 2.45) is 24.6 Å². The van der Waals surface area contributed by atoms with E-state index in [0.29, 0.717) is 11.8 Å². The number of ether oxygens (including phenoxy) is 1. The van der Waals surface area contributed by atoms with E-state index in [0.717, 1.165) is 18.2 Å². The van der Waals surface area contributed by atoms with Crippen molar-refractivity contribution < 1.29 is 4.74 Å². The van der Waals surface area contributed by atoms with Crippen LogP contribution >= 0.6 is 0 Å². The van der Waals surface area contributed by atoms with E-state index in [9.17, 15) is 0 Å². The standard InChI is InChI=1S/C13H23N3O/c1-9-4-5-10(7-14)11(6-9)13-12(17-3)8-15-16(13)2/h8-11H,4-7,14H2,1-3H3. The molecule has 0 aliphatic heterocycles. The van der Waals surface area contributed by atoms with E-state index in [1.807, 2.05) is 17.9 Å². The minimum Gasteiger partial charge on any atom is -0.493 e. The van der Waals surface area contributed by atoms with Crippen LogP contribution in [0.3, 0.4) is 0 Å². The van der Waals surface area contributed by atoms with Gasteiger partial charge in [0.2, 0.25) is 0 Å². The first-order chi connectivity index (χ1) is 8.17. The first-order valence-corrected chi connectivity index (χ1v) is 6.43. The molecule has 1 aromatic heterocycles. The van der Waals surface area contributed by atoms with Gasteiger partial charge in [0.15, 0.2) is 5.75 Å². The SMILES string of the molecule is COc1cnn(C)c1C1CC(C)CCC1CN. The van der Waals surface area contributed by atoms with Gasteiger partial charge in [0.05, 0.1) is 19.0 Å². The first-order valence-electron chi connectivity index (χ1n) is 6.43. The van der Waals surface area contributed by atoms with Crippen LogP contribution in [0.25, 0.3) is 0 Å². The second kappa shape index (κ2) is 5.08. The van der Waals surface area contributed by atoms with Crippen LogP contribution in [0.15, 0.2) is 6.20 Å². The lowest BCUT2D eigenvalue weighted by molar-refractivity contribution is 0.240. The number of hydrogen-bond acceptors (Lipinski definition) is 3. The highest BCUT2D eigenvalue weighted by atomic mass is 16.5. The summed E-state index contributed by atoms with van der Waals surface area (Å²) >= 11 is 0. The van der Waals surface area contributed by atoms with Crippen molar-refractivity contribution in [1.82, 2.24) is 9.78 Å². The lowest BCUT2D eigenvalue weighted by Crippen LogP contribution is -2.29. The molecule has 1 saturated carbocycles. The number of nitrogens with zero attached hydrogens (tertiary/aromatic N) is 2. The first kappa shape index (κ1) is 12.4. The highest BCUT2D eigenvalue weighted by molar-refractivity contribution is 5.29. The van der Waals surface area contributed by atoms with Crippen LogP contribution < -0.4 is 10.5 Å². The Labute approximate surface area is 103 Å². The molecule has 1 aromatic rings. The number of aromatic nitrogens is 2. The van der Waals surface area contributed by atoms with Crippen molar-refractivity contribution in [3.8, 4) is 5.75 Å². The van der Waals surface area contributed by atoms with Gasteiger partial charge in [-0.2, -0.15) is 5.10 Å². The Bertz CT molecular complexity index is 375. The highest BCUT2D eigenvalue weighted by Gasteiger charge is 2.32. The van der Waals surface area contributed by atoms with E-state index in [2.05, 4.69) is 12.0 Å². The number of rotatable bonds is 3. The topological polar surface area (TPSA) is 53.1 Å². The van der Waals surface area contributed by atoms with E-state index in [-0.39, 0.29) is 0 Å². The molecule has 1 aliphatic rings. The number of aryl methyl sites for hydroxylation is 1. The smallest absolute Gasteiger partial charge is 0.160 e. The summed E-state index contributed by atoms with van der Waals surface area (Å²) in [4.78, 5) is 0. The average Bonchev–Trinajstić information content (AvgIpc) is 2.70. The van der Waals surface area contributed by atoms with Crippen LogP contribution in [0.1, 0.15) is 37.8 Å². The van der Waals surface area contributed by atoms with Gasteiger partial charge in [-0.25, -0.2) is 0 Å². The molecule has 17 heavy (non-hydrogen) atoms. The molecule has 96 valence electrons. The van der Waals surface area contributed by atoms with E-state index in [4.69, 9.17) is 10.5 Å². The molecule has 0 aromatic carbocycles. The zero-order valence-corrected chi connectivity index (χ0v) is 11.0. The molecule has 2 N–H and O–H groups in total. The van der Waals surface area contributed by atoms with Gasteiger partial charge in [-0.3, -0.25) is 4.68 Å². The van der Waals surface area contributed by atoms with Crippen LogP contribution in [0.4, 0.5) is 0 Å². The summed E-state index contributed by atoms with van der Waals surface area (Å²) in [6.45, 7) is 3.08. The van der Waals surface area contributed by atoms with Gasteiger partial charge in [-0.1, -0.05) is 13.3 Å². The minimum absolute atomic E-state index is 0.492. The highest BCUT2D eigenvalue weighted by Crippen LogP contribution is 2.42. The van der Waals surface area contributed by atoms with Crippen LogP contribution in [0.2, 0.25) is 0 Å². The fraction of sp³-hybridized carbons (Fsp3) is 0.769. The van der Waals surface area contributed by atoms with Crippen LogP contribution in [-0.2, 0) is 7.05 Å². The Morgan fingerprint density at radius 2 is 2.29 bits per heavy atom.